The van der Waals surface area contributed by atoms with E-state index in [1.807, 2.05) is 6.07 Å². The summed E-state index contributed by atoms with van der Waals surface area (Å²) in [6.45, 7) is 1.70. The Balaban J connectivity index is 1.24. The Labute approximate surface area is 177 Å². The largest absolute Gasteiger partial charge is 0.325 e. The Morgan fingerprint density at radius 3 is 2.33 bits per heavy atom. The van der Waals surface area contributed by atoms with Crippen LogP contribution < -0.4 is 5.32 Å². The van der Waals surface area contributed by atoms with Crippen molar-refractivity contribution in [2.24, 2.45) is 23.2 Å². The maximum Gasteiger partial charge on any atom is 0.325 e. The number of Topliss-reactive ketones (excluding diaryl/α,β-unsaturated/α-hetero) is 1. The van der Waals surface area contributed by atoms with E-state index in [0.29, 0.717) is 17.8 Å². The molecule has 1 aromatic carbocycles. The standard InChI is InChI=1S/C25H30N2O3/c1-24(20-6-5-18-3-2-4-19(18)10-20)22(29)27(23(30)26-24)14-21(28)25-11-15-7-16(12-25)9-17(8-15)13-25/h5-6,10,15-17H,2-4,7-9,11-14H2,1H3,(H,26,30)/t15?,16?,17?,24-,25?/m0/s1. The topological polar surface area (TPSA) is 66.5 Å². The number of hydrogen-bond donors (Lipinski definition) is 1. The number of hydrogen-bond acceptors (Lipinski definition) is 3. The first-order valence-electron chi connectivity index (χ1n) is 11.7. The molecule has 158 valence electrons. The number of imide groups is 1. The molecule has 0 unspecified atom stereocenters. The maximum absolute atomic E-state index is 13.5. The molecule has 5 nitrogen and oxygen atoms in total. The molecule has 1 heterocycles. The zero-order valence-electron chi connectivity index (χ0n) is 17.7. The van der Waals surface area contributed by atoms with Gasteiger partial charge in [0.15, 0.2) is 5.78 Å². The fraction of sp³-hybridized carbons (Fsp3) is 0.640. The lowest BCUT2D eigenvalue weighted by Gasteiger charge is -2.56. The van der Waals surface area contributed by atoms with E-state index in [1.54, 1.807) is 6.92 Å². The Hall–Kier alpha value is -2.17. The third kappa shape index (κ3) is 2.56. The predicted octanol–water partition coefficient (Wildman–Crippen LogP) is 3.73. The number of nitrogens with one attached hydrogen (secondary N) is 1. The van der Waals surface area contributed by atoms with Gasteiger partial charge in [-0.2, -0.15) is 0 Å². The zero-order chi connectivity index (χ0) is 20.7. The van der Waals surface area contributed by atoms with Gasteiger partial charge in [0, 0.05) is 5.41 Å². The first-order chi connectivity index (χ1) is 14.4. The fourth-order valence-electron chi connectivity index (χ4n) is 7.68. The van der Waals surface area contributed by atoms with E-state index in [2.05, 4.69) is 17.4 Å². The second-order valence-electron chi connectivity index (χ2n) is 10.9. The number of rotatable bonds is 4. The number of urea groups is 1. The summed E-state index contributed by atoms with van der Waals surface area (Å²) in [7, 11) is 0. The molecule has 1 atom stereocenters. The van der Waals surface area contributed by atoms with Gasteiger partial charge in [0.05, 0.1) is 6.54 Å². The molecular weight excluding hydrogens is 376 g/mol. The van der Waals surface area contributed by atoms with Crippen molar-refractivity contribution in [3.05, 3.63) is 34.9 Å². The van der Waals surface area contributed by atoms with Crippen LogP contribution in [0.5, 0.6) is 0 Å². The minimum absolute atomic E-state index is 0.0721. The highest BCUT2D eigenvalue weighted by atomic mass is 16.2. The van der Waals surface area contributed by atoms with Crippen LogP contribution in [0.25, 0.3) is 0 Å². The van der Waals surface area contributed by atoms with Gasteiger partial charge in [-0.25, -0.2) is 4.79 Å². The van der Waals surface area contributed by atoms with Crippen molar-refractivity contribution >= 4 is 17.7 Å². The highest BCUT2D eigenvalue weighted by Crippen LogP contribution is 2.60. The van der Waals surface area contributed by atoms with Crippen LogP contribution in [0.15, 0.2) is 18.2 Å². The third-order valence-corrected chi connectivity index (χ3v) is 8.88. The van der Waals surface area contributed by atoms with Gasteiger partial charge < -0.3 is 5.32 Å². The fourth-order valence-corrected chi connectivity index (χ4v) is 7.68. The van der Waals surface area contributed by atoms with Crippen LogP contribution in [0.3, 0.4) is 0 Å². The highest BCUT2D eigenvalue weighted by molar-refractivity contribution is 6.09. The van der Waals surface area contributed by atoms with Gasteiger partial charge >= 0.3 is 6.03 Å². The van der Waals surface area contributed by atoms with E-state index in [1.165, 1.54) is 35.3 Å². The van der Waals surface area contributed by atoms with Crippen molar-refractivity contribution < 1.29 is 14.4 Å². The molecule has 30 heavy (non-hydrogen) atoms. The van der Waals surface area contributed by atoms with E-state index in [4.69, 9.17) is 0 Å². The zero-order valence-corrected chi connectivity index (χ0v) is 17.7. The van der Waals surface area contributed by atoms with Crippen LogP contribution in [0.4, 0.5) is 4.79 Å². The second-order valence-corrected chi connectivity index (χ2v) is 10.9. The number of aryl methyl sites for hydroxylation is 2. The SMILES string of the molecule is C[C@@]1(c2ccc3c(c2)CCC3)NC(=O)N(CC(=O)C23CC4CC(CC(C4)C2)C3)C1=O. The first kappa shape index (κ1) is 18.6. The van der Waals surface area contributed by atoms with Crippen LogP contribution in [0.2, 0.25) is 0 Å². The molecule has 5 aliphatic carbocycles. The lowest BCUT2D eigenvalue weighted by molar-refractivity contribution is -0.147. The molecule has 5 fully saturated rings. The van der Waals surface area contributed by atoms with Gasteiger partial charge in [-0.3, -0.25) is 14.5 Å². The van der Waals surface area contributed by atoms with Crippen molar-refractivity contribution in [1.82, 2.24) is 10.2 Å². The van der Waals surface area contributed by atoms with Gasteiger partial charge in [0.2, 0.25) is 0 Å². The number of fused-ring (bicyclic) bond motifs is 1. The Morgan fingerprint density at radius 1 is 1.03 bits per heavy atom. The lowest BCUT2D eigenvalue weighted by Crippen LogP contribution is -2.53. The van der Waals surface area contributed by atoms with Crippen LogP contribution in [-0.4, -0.2) is 29.2 Å². The molecule has 6 aliphatic rings. The lowest BCUT2D eigenvalue weighted by atomic mass is 9.48. The van der Waals surface area contributed by atoms with Crippen molar-refractivity contribution in [3.8, 4) is 0 Å². The minimum atomic E-state index is -1.09. The summed E-state index contributed by atoms with van der Waals surface area (Å²) in [6, 6.07) is 5.70. The summed E-state index contributed by atoms with van der Waals surface area (Å²) in [5, 5.41) is 2.90. The number of nitrogens with zero attached hydrogens (tertiary/aromatic N) is 1. The van der Waals surface area contributed by atoms with E-state index in [-0.39, 0.29) is 23.7 Å². The molecule has 0 spiro atoms. The Kier molecular flexibility index (Phi) is 3.83. The Bertz CT molecular complexity index is 932. The van der Waals surface area contributed by atoms with Crippen molar-refractivity contribution in [1.29, 1.82) is 0 Å². The molecule has 1 N–H and O–H groups in total. The molecule has 3 amide bonds. The summed E-state index contributed by atoms with van der Waals surface area (Å²) >= 11 is 0. The summed E-state index contributed by atoms with van der Waals surface area (Å²) in [4.78, 5) is 40.9. The number of amides is 3. The number of ketones is 1. The van der Waals surface area contributed by atoms with Crippen LogP contribution in [0.1, 0.15) is 68.6 Å². The normalized spacial score (nSPS) is 38.8. The Morgan fingerprint density at radius 2 is 1.67 bits per heavy atom. The summed E-state index contributed by atoms with van der Waals surface area (Å²) in [6.07, 6.45) is 9.94. The van der Waals surface area contributed by atoms with Crippen molar-refractivity contribution in [2.75, 3.05) is 6.54 Å². The number of carbonyl (C=O) groups excluding carboxylic acids is 3. The molecular formula is C25H30N2O3. The molecule has 0 aromatic heterocycles. The molecule has 4 bridgehead atoms. The van der Waals surface area contributed by atoms with Crippen molar-refractivity contribution in [2.45, 2.75) is 70.3 Å². The molecule has 0 radical (unpaired) electrons. The molecule has 7 rings (SSSR count). The summed E-state index contributed by atoms with van der Waals surface area (Å²) < 4.78 is 0. The van der Waals surface area contributed by atoms with Gasteiger partial charge in [-0.05, 0) is 99.2 Å². The van der Waals surface area contributed by atoms with Crippen LogP contribution in [-0.2, 0) is 28.0 Å². The van der Waals surface area contributed by atoms with Gasteiger partial charge in [-0.1, -0.05) is 18.2 Å². The number of benzene rings is 1. The second kappa shape index (κ2) is 6.18. The minimum Gasteiger partial charge on any atom is -0.319 e. The smallest absolute Gasteiger partial charge is 0.319 e. The summed E-state index contributed by atoms with van der Waals surface area (Å²) in [5.41, 5.74) is 2.07. The average molecular weight is 407 g/mol. The van der Waals surface area contributed by atoms with Gasteiger partial charge in [0.25, 0.3) is 5.91 Å². The summed E-state index contributed by atoms with van der Waals surface area (Å²) in [5.74, 6) is 1.83. The quantitative estimate of drug-likeness (QED) is 0.775. The van der Waals surface area contributed by atoms with Gasteiger partial charge in [0.1, 0.15) is 5.54 Å². The van der Waals surface area contributed by atoms with E-state index >= 15 is 0 Å². The van der Waals surface area contributed by atoms with E-state index in [0.717, 1.165) is 44.1 Å². The van der Waals surface area contributed by atoms with Crippen LogP contribution in [0, 0.1) is 23.2 Å². The van der Waals surface area contributed by atoms with Crippen molar-refractivity contribution in [3.63, 3.8) is 0 Å². The molecule has 1 aliphatic heterocycles. The molecule has 4 saturated carbocycles. The number of carbonyl (C=O) groups is 3. The molecule has 1 saturated heterocycles. The third-order valence-electron chi connectivity index (χ3n) is 8.88. The van der Waals surface area contributed by atoms with E-state index in [9.17, 15) is 14.4 Å². The molecule has 1 aromatic rings. The van der Waals surface area contributed by atoms with Gasteiger partial charge in [-0.15, -0.1) is 0 Å². The highest BCUT2D eigenvalue weighted by Gasteiger charge is 2.56. The maximum atomic E-state index is 13.5. The first-order valence-corrected chi connectivity index (χ1v) is 11.7. The molecule has 5 heteroatoms. The average Bonchev–Trinajstić information content (AvgIpc) is 3.25. The predicted molar refractivity (Wildman–Crippen MR) is 112 cm³/mol. The monoisotopic (exact) mass is 406 g/mol. The van der Waals surface area contributed by atoms with Crippen LogP contribution >= 0.6 is 0 Å². The van der Waals surface area contributed by atoms with E-state index < -0.39 is 11.6 Å².